The fraction of sp³-hybridized carbons (Fsp3) is 0.667. The summed E-state index contributed by atoms with van der Waals surface area (Å²) in [5, 5.41) is 8.99. The molecule has 0 unspecified atom stereocenters. The van der Waals surface area contributed by atoms with Gasteiger partial charge in [0.1, 0.15) is 18.2 Å². The standard InChI is InChI=1S/C27H43FN4O4/c1-7-10-22-27(35)32(6)19(5)25(33)31-23(15-17(2)3)26(34)29-14-9-12-20-11-8-13-21(28)24(20)36-18(4)16-30-22/h8,11,13,17-19,22-23,30H,7,9-10,12,14-16H2,1-6H3,(H,29,34)(H,31,33)/t18-,19-,22+,23-/m1/s1. The Morgan fingerprint density at radius 1 is 1.14 bits per heavy atom. The fourth-order valence-electron chi connectivity index (χ4n) is 4.26. The summed E-state index contributed by atoms with van der Waals surface area (Å²) < 4.78 is 20.6. The second kappa shape index (κ2) is 14.2. The highest BCUT2D eigenvalue weighted by Gasteiger charge is 2.31. The molecule has 4 atom stereocenters. The van der Waals surface area contributed by atoms with Crippen molar-refractivity contribution in [3.8, 4) is 5.75 Å². The van der Waals surface area contributed by atoms with Crippen LogP contribution in [0.1, 0.15) is 65.9 Å². The molecule has 1 aromatic rings. The second-order valence-electron chi connectivity index (χ2n) is 10.1. The van der Waals surface area contributed by atoms with Gasteiger partial charge in [0, 0.05) is 20.1 Å². The maximum atomic E-state index is 14.6. The fourth-order valence-corrected chi connectivity index (χ4v) is 4.26. The van der Waals surface area contributed by atoms with Crippen LogP contribution in [0.2, 0.25) is 0 Å². The number of carbonyl (C=O) groups is 3. The number of aryl methyl sites for hydroxylation is 1. The molecule has 0 bridgehead atoms. The highest BCUT2D eigenvalue weighted by Crippen LogP contribution is 2.25. The lowest BCUT2D eigenvalue weighted by Gasteiger charge is -2.31. The third-order valence-electron chi connectivity index (χ3n) is 6.46. The summed E-state index contributed by atoms with van der Waals surface area (Å²) in [5.74, 6) is -0.913. The topological polar surface area (TPSA) is 99.8 Å². The lowest BCUT2D eigenvalue weighted by molar-refractivity contribution is -0.141. The van der Waals surface area contributed by atoms with Gasteiger partial charge in [-0.1, -0.05) is 39.3 Å². The first-order chi connectivity index (χ1) is 17.0. The number of amides is 3. The predicted octanol–water partition coefficient (Wildman–Crippen LogP) is 2.79. The van der Waals surface area contributed by atoms with E-state index in [9.17, 15) is 18.8 Å². The van der Waals surface area contributed by atoms with Gasteiger partial charge in [0.15, 0.2) is 11.6 Å². The number of likely N-dealkylation sites (N-methyl/N-ethyl adjacent to an activating group) is 1. The molecule has 3 N–H and O–H groups in total. The molecule has 36 heavy (non-hydrogen) atoms. The number of benzene rings is 1. The Bertz CT molecular complexity index is 895. The number of ether oxygens (including phenoxy) is 1. The highest BCUT2D eigenvalue weighted by atomic mass is 19.1. The molecule has 1 aromatic carbocycles. The first kappa shape index (κ1) is 29.5. The molecule has 9 heteroatoms. The molecule has 1 aliphatic heterocycles. The highest BCUT2D eigenvalue weighted by molar-refractivity contribution is 5.92. The molecule has 2 rings (SSSR count). The van der Waals surface area contributed by atoms with Crippen molar-refractivity contribution in [2.24, 2.45) is 5.92 Å². The summed E-state index contributed by atoms with van der Waals surface area (Å²) in [6, 6.07) is 2.85. The number of nitrogens with zero attached hydrogens (tertiary/aromatic N) is 1. The van der Waals surface area contributed by atoms with Crippen LogP contribution in [0.4, 0.5) is 4.39 Å². The maximum absolute atomic E-state index is 14.6. The maximum Gasteiger partial charge on any atom is 0.243 e. The van der Waals surface area contributed by atoms with Gasteiger partial charge < -0.3 is 25.6 Å². The molecular formula is C27H43FN4O4. The molecule has 0 aromatic heterocycles. The van der Waals surface area contributed by atoms with E-state index in [-0.39, 0.29) is 29.4 Å². The Hall–Kier alpha value is -2.68. The average Bonchev–Trinajstić information content (AvgIpc) is 2.83. The van der Waals surface area contributed by atoms with E-state index >= 15 is 0 Å². The van der Waals surface area contributed by atoms with Crippen LogP contribution in [0.5, 0.6) is 5.75 Å². The monoisotopic (exact) mass is 506 g/mol. The molecule has 0 fully saturated rings. The molecule has 0 radical (unpaired) electrons. The quantitative estimate of drug-likeness (QED) is 0.583. The normalized spacial score (nSPS) is 25.3. The molecule has 8 nitrogen and oxygen atoms in total. The predicted molar refractivity (Wildman–Crippen MR) is 138 cm³/mol. The number of rotatable bonds is 4. The van der Waals surface area contributed by atoms with E-state index in [1.54, 1.807) is 20.0 Å². The molecular weight excluding hydrogens is 463 g/mol. The number of hydrogen-bond acceptors (Lipinski definition) is 5. The third kappa shape index (κ3) is 8.47. The van der Waals surface area contributed by atoms with E-state index < -0.39 is 30.0 Å². The zero-order valence-electron chi connectivity index (χ0n) is 22.5. The van der Waals surface area contributed by atoms with Crippen molar-refractivity contribution in [2.75, 3.05) is 20.1 Å². The van der Waals surface area contributed by atoms with Gasteiger partial charge in [-0.15, -0.1) is 0 Å². The minimum absolute atomic E-state index is 0.181. The van der Waals surface area contributed by atoms with Crippen molar-refractivity contribution in [1.29, 1.82) is 0 Å². The van der Waals surface area contributed by atoms with Gasteiger partial charge in [-0.2, -0.15) is 0 Å². The molecule has 0 spiro atoms. The first-order valence-corrected chi connectivity index (χ1v) is 13.1. The van der Waals surface area contributed by atoms with Crippen LogP contribution in [-0.2, 0) is 20.8 Å². The summed E-state index contributed by atoms with van der Waals surface area (Å²) in [4.78, 5) is 40.6. The average molecular weight is 507 g/mol. The minimum Gasteiger partial charge on any atom is -0.486 e. The van der Waals surface area contributed by atoms with E-state index in [4.69, 9.17) is 4.74 Å². The number of nitrogens with one attached hydrogen (secondary N) is 3. The van der Waals surface area contributed by atoms with E-state index in [1.807, 2.05) is 33.8 Å². The Labute approximate surface area is 214 Å². The molecule has 0 saturated heterocycles. The van der Waals surface area contributed by atoms with Gasteiger partial charge in [0.2, 0.25) is 17.7 Å². The van der Waals surface area contributed by atoms with Crippen molar-refractivity contribution in [1.82, 2.24) is 20.9 Å². The van der Waals surface area contributed by atoms with Crippen LogP contribution in [-0.4, -0.2) is 67.0 Å². The Morgan fingerprint density at radius 2 is 1.86 bits per heavy atom. The SMILES string of the molecule is CCC[C@@H]1NC[C@@H](C)Oc2c(F)cccc2CCCNC(=O)[C@@H](CC(C)C)NC(=O)[C@@H](C)N(C)C1=O. The number of para-hydroxylation sites is 1. The van der Waals surface area contributed by atoms with Gasteiger partial charge in [-0.05, 0) is 57.1 Å². The van der Waals surface area contributed by atoms with Gasteiger partial charge in [0.05, 0.1) is 6.04 Å². The van der Waals surface area contributed by atoms with E-state index in [0.29, 0.717) is 38.8 Å². The number of carbonyl (C=O) groups excluding carboxylic acids is 3. The lowest BCUT2D eigenvalue weighted by atomic mass is 10.0. The Balaban J connectivity index is 2.33. The zero-order chi connectivity index (χ0) is 26.8. The summed E-state index contributed by atoms with van der Waals surface area (Å²) in [5.41, 5.74) is 0.721. The van der Waals surface area contributed by atoms with E-state index in [2.05, 4.69) is 16.0 Å². The number of fused-ring (bicyclic) bond motifs is 1. The Kier molecular flexibility index (Phi) is 11.6. The zero-order valence-corrected chi connectivity index (χ0v) is 22.5. The van der Waals surface area contributed by atoms with Crippen LogP contribution in [0, 0.1) is 11.7 Å². The van der Waals surface area contributed by atoms with Gasteiger partial charge in [-0.25, -0.2) is 4.39 Å². The molecule has 1 heterocycles. The van der Waals surface area contributed by atoms with E-state index in [0.717, 1.165) is 12.0 Å². The van der Waals surface area contributed by atoms with Crippen molar-refractivity contribution < 1.29 is 23.5 Å². The first-order valence-electron chi connectivity index (χ1n) is 13.1. The summed E-state index contributed by atoms with van der Waals surface area (Å²) >= 11 is 0. The smallest absolute Gasteiger partial charge is 0.243 e. The Morgan fingerprint density at radius 3 is 2.53 bits per heavy atom. The van der Waals surface area contributed by atoms with Crippen molar-refractivity contribution >= 4 is 17.7 Å². The van der Waals surface area contributed by atoms with Crippen LogP contribution in [0.15, 0.2) is 18.2 Å². The largest absolute Gasteiger partial charge is 0.486 e. The third-order valence-corrected chi connectivity index (χ3v) is 6.46. The van der Waals surface area contributed by atoms with Crippen molar-refractivity contribution in [3.05, 3.63) is 29.6 Å². The van der Waals surface area contributed by atoms with Crippen molar-refractivity contribution in [3.63, 3.8) is 0 Å². The summed E-state index contributed by atoms with van der Waals surface area (Å²) in [6.07, 6.45) is 2.53. The molecule has 202 valence electrons. The minimum atomic E-state index is -0.755. The second-order valence-corrected chi connectivity index (χ2v) is 10.1. The van der Waals surface area contributed by atoms with Gasteiger partial charge in [0.25, 0.3) is 0 Å². The molecule has 1 aliphatic rings. The van der Waals surface area contributed by atoms with Gasteiger partial charge in [-0.3, -0.25) is 14.4 Å². The molecule has 0 saturated carbocycles. The van der Waals surface area contributed by atoms with Crippen LogP contribution >= 0.6 is 0 Å². The van der Waals surface area contributed by atoms with Crippen LogP contribution < -0.4 is 20.7 Å². The number of hydrogen-bond donors (Lipinski definition) is 3. The lowest BCUT2D eigenvalue weighted by Crippen LogP contribution is -2.56. The van der Waals surface area contributed by atoms with Crippen molar-refractivity contribution in [2.45, 2.75) is 91.0 Å². The van der Waals surface area contributed by atoms with E-state index in [1.165, 1.54) is 11.0 Å². The van der Waals surface area contributed by atoms with Crippen LogP contribution in [0.25, 0.3) is 0 Å². The van der Waals surface area contributed by atoms with Gasteiger partial charge >= 0.3 is 0 Å². The summed E-state index contributed by atoms with van der Waals surface area (Å²) in [6.45, 7) is 10.1. The summed E-state index contributed by atoms with van der Waals surface area (Å²) in [7, 11) is 1.60. The number of halogens is 1. The molecule has 0 aliphatic carbocycles. The molecule has 3 amide bonds. The van der Waals surface area contributed by atoms with Crippen LogP contribution in [0.3, 0.4) is 0 Å².